The van der Waals surface area contributed by atoms with Crippen molar-refractivity contribution in [1.29, 1.82) is 0 Å². The van der Waals surface area contributed by atoms with Crippen molar-refractivity contribution in [3.8, 4) is 0 Å². The second kappa shape index (κ2) is 14.9. The number of hydrogen-bond donors (Lipinski definition) is 1. The molecule has 1 unspecified atom stereocenters. The fourth-order valence-electron chi connectivity index (χ4n) is 2.51. The molecule has 0 aromatic carbocycles. The Morgan fingerprint density at radius 1 is 0.850 bits per heavy atom. The molecule has 1 atom stereocenters. The van der Waals surface area contributed by atoms with Gasteiger partial charge in [0.1, 0.15) is 0 Å². The predicted octanol–water partition coefficient (Wildman–Crippen LogP) is 5.46. The van der Waals surface area contributed by atoms with Crippen LogP contribution in [0.4, 0.5) is 0 Å². The summed E-state index contributed by atoms with van der Waals surface area (Å²) >= 11 is 0. The van der Waals surface area contributed by atoms with Crippen molar-refractivity contribution >= 4 is 5.91 Å². The molecule has 0 aliphatic heterocycles. The predicted molar refractivity (Wildman–Crippen MR) is 88.9 cm³/mol. The molecular weight excluding hydrogens is 246 g/mol. The molecule has 0 heterocycles. The highest BCUT2D eigenvalue weighted by Crippen LogP contribution is 2.17. The molecule has 20 heavy (non-hydrogen) atoms. The summed E-state index contributed by atoms with van der Waals surface area (Å²) in [5.41, 5.74) is 0. The molecule has 2 heteroatoms. The SMILES string of the molecule is CCCCCC(C)CCCCCCC(=O)NCCCC. The van der Waals surface area contributed by atoms with Gasteiger partial charge in [-0.15, -0.1) is 0 Å². The Morgan fingerprint density at radius 2 is 1.45 bits per heavy atom. The number of nitrogens with one attached hydrogen (secondary N) is 1. The van der Waals surface area contributed by atoms with Gasteiger partial charge in [0.05, 0.1) is 0 Å². The fourth-order valence-corrected chi connectivity index (χ4v) is 2.51. The van der Waals surface area contributed by atoms with E-state index in [4.69, 9.17) is 0 Å². The van der Waals surface area contributed by atoms with Crippen LogP contribution in [0.2, 0.25) is 0 Å². The first kappa shape index (κ1) is 19.5. The van der Waals surface area contributed by atoms with Crippen LogP contribution in [0.3, 0.4) is 0 Å². The molecule has 2 nitrogen and oxygen atoms in total. The summed E-state index contributed by atoms with van der Waals surface area (Å²) in [6.45, 7) is 7.65. The Balaban J connectivity index is 3.25. The smallest absolute Gasteiger partial charge is 0.219 e. The summed E-state index contributed by atoms with van der Waals surface area (Å²) in [6, 6.07) is 0. The van der Waals surface area contributed by atoms with Gasteiger partial charge in [-0.2, -0.15) is 0 Å². The maximum Gasteiger partial charge on any atom is 0.219 e. The lowest BCUT2D eigenvalue weighted by Crippen LogP contribution is -2.23. The fraction of sp³-hybridized carbons (Fsp3) is 0.944. The van der Waals surface area contributed by atoms with E-state index in [1.807, 2.05) is 0 Å². The lowest BCUT2D eigenvalue weighted by Gasteiger charge is -2.10. The molecule has 0 spiro atoms. The van der Waals surface area contributed by atoms with E-state index in [0.29, 0.717) is 0 Å². The first-order valence-corrected chi connectivity index (χ1v) is 8.97. The van der Waals surface area contributed by atoms with E-state index < -0.39 is 0 Å². The van der Waals surface area contributed by atoms with Crippen molar-refractivity contribution in [2.45, 2.75) is 97.8 Å². The van der Waals surface area contributed by atoms with Crippen molar-refractivity contribution in [3.05, 3.63) is 0 Å². The molecule has 0 aromatic rings. The second-order valence-electron chi connectivity index (χ2n) is 6.26. The molecule has 120 valence electrons. The van der Waals surface area contributed by atoms with Crippen molar-refractivity contribution in [2.24, 2.45) is 5.92 Å². The number of unbranched alkanes of at least 4 members (excludes halogenated alkanes) is 6. The van der Waals surface area contributed by atoms with Crippen molar-refractivity contribution in [3.63, 3.8) is 0 Å². The molecular formula is C18H37NO. The molecule has 1 amide bonds. The Morgan fingerprint density at radius 3 is 2.10 bits per heavy atom. The molecule has 0 aromatic heterocycles. The zero-order valence-corrected chi connectivity index (χ0v) is 14.2. The van der Waals surface area contributed by atoms with E-state index in [9.17, 15) is 4.79 Å². The number of rotatable bonds is 14. The molecule has 0 fully saturated rings. The van der Waals surface area contributed by atoms with Gasteiger partial charge in [-0.05, 0) is 18.8 Å². The quantitative estimate of drug-likeness (QED) is 0.421. The Bertz CT molecular complexity index is 215. The number of carbonyl (C=O) groups is 1. The minimum atomic E-state index is 0.242. The van der Waals surface area contributed by atoms with Crippen LogP contribution in [0, 0.1) is 5.92 Å². The normalized spacial score (nSPS) is 12.3. The number of hydrogen-bond acceptors (Lipinski definition) is 1. The summed E-state index contributed by atoms with van der Waals surface area (Å²) in [4.78, 5) is 11.5. The zero-order valence-electron chi connectivity index (χ0n) is 14.2. The van der Waals surface area contributed by atoms with Crippen molar-refractivity contribution in [2.75, 3.05) is 6.54 Å². The summed E-state index contributed by atoms with van der Waals surface area (Å²) in [6.07, 6.45) is 14.7. The molecule has 0 saturated carbocycles. The molecule has 0 radical (unpaired) electrons. The van der Waals surface area contributed by atoms with E-state index in [2.05, 4.69) is 26.1 Å². The largest absolute Gasteiger partial charge is 0.356 e. The van der Waals surface area contributed by atoms with Gasteiger partial charge >= 0.3 is 0 Å². The van der Waals surface area contributed by atoms with Crippen LogP contribution in [0.15, 0.2) is 0 Å². The zero-order chi connectivity index (χ0) is 15.1. The number of carbonyl (C=O) groups excluding carboxylic acids is 1. The minimum absolute atomic E-state index is 0.242. The first-order valence-electron chi connectivity index (χ1n) is 8.97. The van der Waals surface area contributed by atoms with Crippen LogP contribution in [-0.4, -0.2) is 12.5 Å². The molecule has 0 rings (SSSR count). The lowest BCUT2D eigenvalue weighted by molar-refractivity contribution is -0.121. The van der Waals surface area contributed by atoms with Gasteiger partial charge in [0.25, 0.3) is 0 Å². The van der Waals surface area contributed by atoms with E-state index in [1.165, 1.54) is 51.4 Å². The van der Waals surface area contributed by atoms with Crippen LogP contribution in [0.5, 0.6) is 0 Å². The van der Waals surface area contributed by atoms with E-state index in [-0.39, 0.29) is 5.91 Å². The minimum Gasteiger partial charge on any atom is -0.356 e. The Labute approximate surface area is 127 Å². The molecule has 0 aliphatic rings. The summed E-state index contributed by atoms with van der Waals surface area (Å²) in [5.74, 6) is 1.13. The van der Waals surface area contributed by atoms with E-state index in [1.54, 1.807) is 0 Å². The highest BCUT2D eigenvalue weighted by molar-refractivity contribution is 5.75. The van der Waals surface area contributed by atoms with Crippen LogP contribution in [0.1, 0.15) is 97.8 Å². The maximum absolute atomic E-state index is 11.5. The number of amides is 1. The van der Waals surface area contributed by atoms with Crippen LogP contribution in [0.25, 0.3) is 0 Å². The Kier molecular flexibility index (Phi) is 14.5. The van der Waals surface area contributed by atoms with Gasteiger partial charge in [-0.25, -0.2) is 0 Å². The third kappa shape index (κ3) is 13.9. The molecule has 0 bridgehead atoms. The molecule has 0 saturated heterocycles. The standard InChI is InChI=1S/C18H37NO/c1-4-6-10-13-17(3)14-11-8-9-12-15-18(20)19-16-7-5-2/h17H,4-16H2,1-3H3,(H,19,20). The van der Waals surface area contributed by atoms with Gasteiger partial charge < -0.3 is 5.32 Å². The third-order valence-corrected chi connectivity index (χ3v) is 4.00. The summed E-state index contributed by atoms with van der Waals surface area (Å²) in [7, 11) is 0. The molecule has 0 aliphatic carbocycles. The van der Waals surface area contributed by atoms with Gasteiger partial charge in [0.15, 0.2) is 0 Å². The van der Waals surface area contributed by atoms with E-state index >= 15 is 0 Å². The average Bonchev–Trinajstić information content (AvgIpc) is 2.43. The van der Waals surface area contributed by atoms with Gasteiger partial charge in [0.2, 0.25) is 5.91 Å². The second-order valence-corrected chi connectivity index (χ2v) is 6.26. The maximum atomic E-state index is 11.5. The van der Waals surface area contributed by atoms with Crippen LogP contribution in [-0.2, 0) is 4.79 Å². The van der Waals surface area contributed by atoms with E-state index in [0.717, 1.165) is 38.1 Å². The third-order valence-electron chi connectivity index (χ3n) is 4.00. The average molecular weight is 284 g/mol. The molecule has 1 N–H and O–H groups in total. The van der Waals surface area contributed by atoms with Gasteiger partial charge in [0, 0.05) is 13.0 Å². The van der Waals surface area contributed by atoms with Crippen molar-refractivity contribution in [1.82, 2.24) is 5.32 Å². The monoisotopic (exact) mass is 283 g/mol. The van der Waals surface area contributed by atoms with Crippen LogP contribution >= 0.6 is 0 Å². The van der Waals surface area contributed by atoms with Gasteiger partial charge in [-0.1, -0.05) is 78.6 Å². The highest BCUT2D eigenvalue weighted by atomic mass is 16.1. The topological polar surface area (TPSA) is 29.1 Å². The van der Waals surface area contributed by atoms with Crippen LogP contribution < -0.4 is 5.32 Å². The summed E-state index contributed by atoms with van der Waals surface area (Å²) in [5, 5.41) is 2.98. The first-order chi connectivity index (χ1) is 9.70. The Hall–Kier alpha value is -0.530. The van der Waals surface area contributed by atoms with Gasteiger partial charge in [-0.3, -0.25) is 4.79 Å². The highest BCUT2D eigenvalue weighted by Gasteiger charge is 2.03. The van der Waals surface area contributed by atoms with Crippen molar-refractivity contribution < 1.29 is 4.79 Å². The lowest BCUT2D eigenvalue weighted by atomic mass is 9.96. The summed E-state index contributed by atoms with van der Waals surface area (Å²) < 4.78 is 0.